The number of aryl methyl sites for hydroxylation is 1. The Morgan fingerprint density at radius 2 is 1.70 bits per heavy atom. The van der Waals surface area contributed by atoms with Gasteiger partial charge in [0.1, 0.15) is 0 Å². The zero-order valence-corrected chi connectivity index (χ0v) is 11.1. The van der Waals surface area contributed by atoms with Gasteiger partial charge in [0.25, 0.3) is 5.69 Å². The van der Waals surface area contributed by atoms with E-state index in [0.717, 1.165) is 24.0 Å². The lowest BCUT2D eigenvalue weighted by Crippen LogP contribution is -1.98. The molecule has 0 aliphatic rings. The highest BCUT2D eigenvalue weighted by atomic mass is 16.6. The number of aliphatic hydroxyl groups excluding tert-OH is 1. The molecule has 4 heteroatoms. The first-order chi connectivity index (χ1) is 9.66. The smallest absolute Gasteiger partial charge is 0.269 e. The van der Waals surface area contributed by atoms with Crippen LogP contribution in [0.3, 0.4) is 0 Å². The molecule has 0 spiro atoms. The summed E-state index contributed by atoms with van der Waals surface area (Å²) < 4.78 is 0. The van der Waals surface area contributed by atoms with Crippen LogP contribution < -0.4 is 0 Å². The van der Waals surface area contributed by atoms with Crippen LogP contribution in [0.1, 0.15) is 30.1 Å². The highest BCUT2D eigenvalue weighted by Crippen LogP contribution is 2.20. The van der Waals surface area contributed by atoms with Gasteiger partial charge in [-0.2, -0.15) is 0 Å². The van der Waals surface area contributed by atoms with Crippen molar-refractivity contribution < 1.29 is 10.0 Å². The summed E-state index contributed by atoms with van der Waals surface area (Å²) in [4.78, 5) is 10.1. The van der Waals surface area contributed by atoms with Crippen molar-refractivity contribution >= 4 is 5.69 Å². The van der Waals surface area contributed by atoms with Gasteiger partial charge in [-0.3, -0.25) is 10.1 Å². The summed E-state index contributed by atoms with van der Waals surface area (Å²) in [6.07, 6.45) is 1.88. The predicted molar refractivity (Wildman–Crippen MR) is 77.4 cm³/mol. The van der Waals surface area contributed by atoms with Crippen LogP contribution in [0.2, 0.25) is 0 Å². The Morgan fingerprint density at radius 1 is 1.05 bits per heavy atom. The van der Waals surface area contributed by atoms with Crippen LogP contribution in [0.4, 0.5) is 5.69 Å². The molecule has 0 aliphatic carbocycles. The molecule has 1 N–H and O–H groups in total. The number of non-ortho nitro benzene ring substituents is 1. The lowest BCUT2D eigenvalue weighted by Gasteiger charge is -2.10. The molecule has 20 heavy (non-hydrogen) atoms. The SMILES string of the molecule is O=[N+]([O-])c1ccc(CCCC(O)c2ccccc2)cc1. The minimum absolute atomic E-state index is 0.109. The van der Waals surface area contributed by atoms with Crippen molar-refractivity contribution in [3.63, 3.8) is 0 Å². The molecule has 2 rings (SSSR count). The Balaban J connectivity index is 1.82. The van der Waals surface area contributed by atoms with E-state index in [4.69, 9.17) is 0 Å². The molecule has 2 aromatic rings. The minimum atomic E-state index is -0.450. The Morgan fingerprint density at radius 3 is 2.30 bits per heavy atom. The van der Waals surface area contributed by atoms with E-state index in [1.54, 1.807) is 12.1 Å². The average Bonchev–Trinajstić information content (AvgIpc) is 2.48. The third kappa shape index (κ3) is 3.90. The summed E-state index contributed by atoms with van der Waals surface area (Å²) in [5.74, 6) is 0. The summed E-state index contributed by atoms with van der Waals surface area (Å²) in [5.41, 5.74) is 2.09. The Hall–Kier alpha value is -2.20. The van der Waals surface area contributed by atoms with Gasteiger partial charge in [-0.15, -0.1) is 0 Å². The summed E-state index contributed by atoms with van der Waals surface area (Å²) in [7, 11) is 0. The van der Waals surface area contributed by atoms with Crippen LogP contribution in [-0.2, 0) is 6.42 Å². The third-order valence-electron chi connectivity index (χ3n) is 3.27. The number of hydrogen-bond donors (Lipinski definition) is 1. The van der Waals surface area contributed by atoms with Gasteiger partial charge < -0.3 is 5.11 Å². The van der Waals surface area contributed by atoms with Crippen molar-refractivity contribution in [2.75, 3.05) is 0 Å². The van der Waals surface area contributed by atoms with Gasteiger partial charge in [-0.1, -0.05) is 42.5 Å². The third-order valence-corrected chi connectivity index (χ3v) is 3.27. The maximum Gasteiger partial charge on any atom is 0.269 e. The van der Waals surface area contributed by atoms with E-state index in [2.05, 4.69) is 0 Å². The quantitative estimate of drug-likeness (QED) is 0.644. The molecule has 4 nitrogen and oxygen atoms in total. The van der Waals surface area contributed by atoms with Crippen molar-refractivity contribution in [1.82, 2.24) is 0 Å². The van der Waals surface area contributed by atoms with Gasteiger partial charge in [0.15, 0.2) is 0 Å². The molecule has 0 fully saturated rings. The zero-order chi connectivity index (χ0) is 14.4. The molecular formula is C16H17NO3. The molecule has 0 heterocycles. The summed E-state index contributed by atoms with van der Waals surface area (Å²) in [5, 5.41) is 20.6. The van der Waals surface area contributed by atoms with E-state index in [1.807, 2.05) is 30.3 Å². The maximum atomic E-state index is 10.5. The van der Waals surface area contributed by atoms with Crippen LogP contribution in [0.25, 0.3) is 0 Å². The number of hydrogen-bond acceptors (Lipinski definition) is 3. The lowest BCUT2D eigenvalue weighted by atomic mass is 10.0. The van der Waals surface area contributed by atoms with Crippen molar-refractivity contribution in [3.05, 3.63) is 75.8 Å². The van der Waals surface area contributed by atoms with Gasteiger partial charge >= 0.3 is 0 Å². The molecule has 0 saturated heterocycles. The van der Waals surface area contributed by atoms with Crippen molar-refractivity contribution in [2.24, 2.45) is 0 Å². The molecule has 0 bridgehead atoms. The molecule has 0 aromatic heterocycles. The molecule has 1 atom stereocenters. The van der Waals surface area contributed by atoms with Crippen molar-refractivity contribution in [3.8, 4) is 0 Å². The van der Waals surface area contributed by atoms with Gasteiger partial charge in [-0.05, 0) is 30.4 Å². The van der Waals surface area contributed by atoms with E-state index >= 15 is 0 Å². The zero-order valence-electron chi connectivity index (χ0n) is 11.1. The number of rotatable bonds is 6. The van der Waals surface area contributed by atoms with Crippen molar-refractivity contribution in [2.45, 2.75) is 25.4 Å². The Bertz CT molecular complexity index is 552. The topological polar surface area (TPSA) is 63.4 Å². The second-order valence-electron chi connectivity index (χ2n) is 4.74. The largest absolute Gasteiger partial charge is 0.388 e. The number of nitro groups is 1. The van der Waals surface area contributed by atoms with E-state index in [9.17, 15) is 15.2 Å². The minimum Gasteiger partial charge on any atom is -0.388 e. The molecule has 0 aliphatic heterocycles. The van der Waals surface area contributed by atoms with E-state index in [0.29, 0.717) is 6.42 Å². The summed E-state index contributed by atoms with van der Waals surface area (Å²) >= 11 is 0. The first-order valence-electron chi connectivity index (χ1n) is 6.63. The molecule has 104 valence electrons. The van der Waals surface area contributed by atoms with Crippen LogP contribution in [0, 0.1) is 10.1 Å². The Labute approximate surface area is 117 Å². The molecule has 0 saturated carbocycles. The lowest BCUT2D eigenvalue weighted by molar-refractivity contribution is -0.384. The highest BCUT2D eigenvalue weighted by Gasteiger charge is 2.07. The van der Waals surface area contributed by atoms with Crippen LogP contribution in [-0.4, -0.2) is 10.0 Å². The molecule has 0 radical (unpaired) electrons. The second-order valence-corrected chi connectivity index (χ2v) is 4.74. The second kappa shape index (κ2) is 6.82. The first kappa shape index (κ1) is 14.2. The number of nitro benzene ring substituents is 1. The molecule has 2 aromatic carbocycles. The normalized spacial score (nSPS) is 12.1. The van der Waals surface area contributed by atoms with E-state index in [-0.39, 0.29) is 5.69 Å². The summed E-state index contributed by atoms with van der Waals surface area (Å²) in [6, 6.07) is 16.1. The fourth-order valence-corrected chi connectivity index (χ4v) is 2.13. The molecular weight excluding hydrogens is 254 g/mol. The number of aliphatic hydroxyl groups is 1. The van der Waals surface area contributed by atoms with Gasteiger partial charge in [0, 0.05) is 12.1 Å². The highest BCUT2D eigenvalue weighted by molar-refractivity contribution is 5.32. The molecule has 0 amide bonds. The molecule has 1 unspecified atom stereocenters. The standard InChI is InChI=1S/C16H17NO3/c18-16(14-6-2-1-3-7-14)8-4-5-13-9-11-15(12-10-13)17(19)20/h1-3,6-7,9-12,16,18H,4-5,8H2. The fourth-order valence-electron chi connectivity index (χ4n) is 2.13. The van der Waals surface area contributed by atoms with Crippen LogP contribution in [0.15, 0.2) is 54.6 Å². The predicted octanol–water partition coefficient (Wildman–Crippen LogP) is 3.65. The number of benzene rings is 2. The van der Waals surface area contributed by atoms with Gasteiger partial charge in [0.05, 0.1) is 11.0 Å². The van der Waals surface area contributed by atoms with Gasteiger partial charge in [0.2, 0.25) is 0 Å². The van der Waals surface area contributed by atoms with Crippen LogP contribution in [0.5, 0.6) is 0 Å². The Kier molecular flexibility index (Phi) is 4.85. The van der Waals surface area contributed by atoms with Crippen molar-refractivity contribution in [1.29, 1.82) is 0 Å². The van der Waals surface area contributed by atoms with Gasteiger partial charge in [-0.25, -0.2) is 0 Å². The number of nitrogens with zero attached hydrogens (tertiary/aromatic N) is 1. The fraction of sp³-hybridized carbons (Fsp3) is 0.250. The van der Waals surface area contributed by atoms with E-state index in [1.165, 1.54) is 12.1 Å². The first-order valence-corrected chi connectivity index (χ1v) is 6.63. The summed E-state index contributed by atoms with van der Waals surface area (Å²) in [6.45, 7) is 0. The monoisotopic (exact) mass is 271 g/mol. The van der Waals surface area contributed by atoms with Crippen LogP contribution >= 0.6 is 0 Å². The average molecular weight is 271 g/mol. The van der Waals surface area contributed by atoms with E-state index < -0.39 is 11.0 Å². The maximum absolute atomic E-state index is 10.5.